The first-order chi connectivity index (χ1) is 32.1. The van der Waals surface area contributed by atoms with Crippen molar-refractivity contribution in [1.82, 2.24) is 0 Å². The molecule has 1 saturated carbocycles. The van der Waals surface area contributed by atoms with Crippen molar-refractivity contribution in [2.24, 2.45) is 0 Å². The molecule has 0 atom stereocenters. The third kappa shape index (κ3) is 8.49. The molecular weight excluding hydrogens is 805 g/mol. The molecule has 0 saturated heterocycles. The summed E-state index contributed by atoms with van der Waals surface area (Å²) < 4.78 is 12.4. The van der Waals surface area contributed by atoms with Crippen LogP contribution in [0.5, 0.6) is 11.5 Å². The monoisotopic (exact) mass is 866 g/mol. The van der Waals surface area contributed by atoms with Gasteiger partial charge in [0.05, 0.1) is 25.6 Å². The summed E-state index contributed by atoms with van der Waals surface area (Å²) in [5.41, 5.74) is 21.2. The van der Waals surface area contributed by atoms with Gasteiger partial charge in [-0.1, -0.05) is 116 Å². The van der Waals surface area contributed by atoms with Crippen LogP contribution in [0.1, 0.15) is 76.6 Å². The Bertz CT molecular complexity index is 2800. The van der Waals surface area contributed by atoms with Gasteiger partial charge in [-0.25, -0.2) is 0 Å². The van der Waals surface area contributed by atoms with E-state index in [1.165, 1.54) is 74.9 Å². The van der Waals surface area contributed by atoms with Crippen molar-refractivity contribution < 1.29 is 9.47 Å². The fourth-order valence-corrected chi connectivity index (χ4v) is 10.2. The first kappa shape index (κ1) is 44.2. The Hall–Kier alpha value is -7.04. The van der Waals surface area contributed by atoms with Gasteiger partial charge in [0.25, 0.3) is 0 Å². The van der Waals surface area contributed by atoms with Gasteiger partial charge in [-0.15, -0.1) is 0 Å². The highest BCUT2D eigenvalue weighted by atomic mass is 16.5. The Morgan fingerprint density at radius 2 is 0.758 bits per heavy atom. The van der Waals surface area contributed by atoms with Gasteiger partial charge in [-0.2, -0.15) is 0 Å². The SMILES string of the molecule is COc1cc(-c2ccccc2C)ccc1N(c1ccc(C2(c3ccc(N(c4ccc(C)c(C)c4)c4ccc(-c5ccccc5C)cc4OC)cc3)CCCCC2)cc1)c1ccc(C)c(C)c1. The van der Waals surface area contributed by atoms with E-state index in [9.17, 15) is 0 Å². The summed E-state index contributed by atoms with van der Waals surface area (Å²) in [4.78, 5) is 4.70. The Labute approximate surface area is 393 Å². The van der Waals surface area contributed by atoms with Gasteiger partial charge >= 0.3 is 0 Å². The van der Waals surface area contributed by atoms with Crippen LogP contribution in [0.15, 0.2) is 170 Å². The molecular formula is C62H62N2O2. The van der Waals surface area contributed by atoms with Crippen LogP contribution in [0.2, 0.25) is 0 Å². The topological polar surface area (TPSA) is 24.9 Å². The van der Waals surface area contributed by atoms with Gasteiger partial charge in [0, 0.05) is 28.2 Å². The number of anilines is 6. The van der Waals surface area contributed by atoms with E-state index in [2.05, 4.69) is 221 Å². The minimum absolute atomic E-state index is 0.106. The largest absolute Gasteiger partial charge is 0.495 e. The molecule has 0 N–H and O–H groups in total. The Balaban J connectivity index is 1.10. The average molecular weight is 867 g/mol. The molecule has 0 heterocycles. The standard InChI is InChI=1S/C62H62N2O2/c1-42-20-28-54(38-46(42)5)63(58-34-22-48(40-60(58)65-7)56-18-12-10-16-44(56)3)52-30-24-50(25-31-52)62(36-14-9-15-37-62)51-26-32-53(33-27-51)64(55-29-21-43(2)47(6)39-55)59-35-23-49(41-61(59)66-8)57-19-13-11-17-45(57)4/h10-13,16-35,38-41H,9,14-15,36-37H2,1-8H3. The molecule has 0 unspecified atom stereocenters. The fraction of sp³-hybridized carbons (Fsp3) is 0.226. The molecule has 0 amide bonds. The van der Waals surface area contributed by atoms with Crippen LogP contribution in [-0.2, 0) is 5.41 Å². The average Bonchev–Trinajstić information content (AvgIpc) is 3.35. The highest BCUT2D eigenvalue weighted by Crippen LogP contribution is 2.49. The second-order valence-electron chi connectivity index (χ2n) is 18.3. The number of ether oxygens (including phenoxy) is 2. The predicted molar refractivity (Wildman–Crippen MR) is 279 cm³/mol. The predicted octanol–water partition coefficient (Wildman–Crippen LogP) is 17.1. The summed E-state index contributed by atoms with van der Waals surface area (Å²) >= 11 is 0. The van der Waals surface area contributed by atoms with E-state index in [1.54, 1.807) is 14.2 Å². The van der Waals surface area contributed by atoms with Crippen molar-refractivity contribution >= 4 is 34.1 Å². The molecule has 1 fully saturated rings. The van der Waals surface area contributed by atoms with E-state index in [0.29, 0.717) is 0 Å². The van der Waals surface area contributed by atoms with Gasteiger partial charge < -0.3 is 19.3 Å². The maximum Gasteiger partial charge on any atom is 0.143 e. The molecule has 8 aromatic rings. The van der Waals surface area contributed by atoms with Crippen molar-refractivity contribution in [3.05, 3.63) is 214 Å². The van der Waals surface area contributed by atoms with Crippen LogP contribution in [-0.4, -0.2) is 14.2 Å². The fourth-order valence-electron chi connectivity index (χ4n) is 10.2. The van der Waals surface area contributed by atoms with Crippen molar-refractivity contribution in [2.75, 3.05) is 24.0 Å². The van der Waals surface area contributed by atoms with Crippen LogP contribution in [0, 0.1) is 41.5 Å². The highest BCUT2D eigenvalue weighted by Gasteiger charge is 2.36. The number of benzene rings is 8. The van der Waals surface area contributed by atoms with Gasteiger partial charge in [0.2, 0.25) is 0 Å². The van der Waals surface area contributed by atoms with E-state index in [4.69, 9.17) is 9.47 Å². The lowest BCUT2D eigenvalue weighted by Crippen LogP contribution is -2.30. The molecule has 332 valence electrons. The van der Waals surface area contributed by atoms with Crippen LogP contribution < -0.4 is 19.3 Å². The van der Waals surface area contributed by atoms with E-state index in [-0.39, 0.29) is 5.41 Å². The van der Waals surface area contributed by atoms with Crippen LogP contribution in [0.4, 0.5) is 34.1 Å². The molecule has 0 aromatic heterocycles. The zero-order valence-electron chi connectivity index (χ0n) is 39.9. The molecule has 9 rings (SSSR count). The molecule has 1 aliphatic rings. The van der Waals surface area contributed by atoms with Gasteiger partial charge in [-0.3, -0.25) is 0 Å². The van der Waals surface area contributed by atoms with Crippen LogP contribution >= 0.6 is 0 Å². The molecule has 4 heteroatoms. The minimum Gasteiger partial charge on any atom is -0.495 e. The molecule has 8 aromatic carbocycles. The van der Waals surface area contributed by atoms with Gasteiger partial charge in [0.1, 0.15) is 11.5 Å². The van der Waals surface area contributed by atoms with E-state index >= 15 is 0 Å². The van der Waals surface area contributed by atoms with Crippen molar-refractivity contribution in [2.45, 2.75) is 79.1 Å². The molecule has 4 nitrogen and oxygen atoms in total. The summed E-state index contributed by atoms with van der Waals surface area (Å²) in [5, 5.41) is 0. The summed E-state index contributed by atoms with van der Waals surface area (Å²) in [6.45, 7) is 13.1. The van der Waals surface area contributed by atoms with Gasteiger partial charge in [0.15, 0.2) is 0 Å². The van der Waals surface area contributed by atoms with Crippen molar-refractivity contribution in [3.63, 3.8) is 0 Å². The summed E-state index contributed by atoms with van der Waals surface area (Å²) in [5.74, 6) is 1.66. The zero-order chi connectivity index (χ0) is 46.0. The lowest BCUT2D eigenvalue weighted by molar-refractivity contribution is 0.346. The quantitative estimate of drug-likeness (QED) is 0.122. The molecule has 0 bridgehead atoms. The first-order valence-electron chi connectivity index (χ1n) is 23.5. The second kappa shape index (κ2) is 18.8. The van der Waals surface area contributed by atoms with Crippen molar-refractivity contribution in [3.8, 4) is 33.8 Å². The maximum absolute atomic E-state index is 6.20. The second-order valence-corrected chi connectivity index (χ2v) is 18.3. The number of nitrogens with zero attached hydrogens (tertiary/aromatic N) is 2. The van der Waals surface area contributed by atoms with E-state index in [0.717, 1.165) is 69.6 Å². The zero-order valence-corrected chi connectivity index (χ0v) is 39.9. The molecule has 1 aliphatic carbocycles. The Morgan fingerprint density at radius 3 is 1.14 bits per heavy atom. The number of hydrogen-bond donors (Lipinski definition) is 0. The normalized spacial score (nSPS) is 13.3. The van der Waals surface area contributed by atoms with E-state index in [1.807, 2.05) is 0 Å². The number of aryl methyl sites for hydroxylation is 6. The summed E-state index contributed by atoms with van der Waals surface area (Å²) in [7, 11) is 3.56. The molecule has 0 aliphatic heterocycles. The lowest BCUT2D eigenvalue weighted by Gasteiger charge is -2.39. The number of hydrogen-bond acceptors (Lipinski definition) is 4. The van der Waals surface area contributed by atoms with E-state index < -0.39 is 0 Å². The summed E-state index contributed by atoms with van der Waals surface area (Å²) in [6, 6.07) is 62.6. The highest BCUT2D eigenvalue weighted by molar-refractivity contribution is 5.85. The maximum atomic E-state index is 6.20. The third-order valence-electron chi connectivity index (χ3n) is 14.3. The number of methoxy groups -OCH3 is 2. The smallest absolute Gasteiger partial charge is 0.143 e. The molecule has 66 heavy (non-hydrogen) atoms. The molecule has 0 radical (unpaired) electrons. The third-order valence-corrected chi connectivity index (χ3v) is 14.3. The Kier molecular flexibility index (Phi) is 12.6. The van der Waals surface area contributed by atoms with Crippen LogP contribution in [0.3, 0.4) is 0 Å². The summed E-state index contributed by atoms with van der Waals surface area (Å²) in [6.07, 6.45) is 5.87. The Morgan fingerprint density at radius 1 is 0.364 bits per heavy atom. The van der Waals surface area contributed by atoms with Crippen LogP contribution in [0.25, 0.3) is 22.3 Å². The van der Waals surface area contributed by atoms with Crippen molar-refractivity contribution in [1.29, 1.82) is 0 Å². The van der Waals surface area contributed by atoms with Gasteiger partial charge in [-0.05, 0) is 194 Å². The molecule has 0 spiro atoms. The first-order valence-corrected chi connectivity index (χ1v) is 23.5. The lowest BCUT2D eigenvalue weighted by atomic mass is 9.65. The minimum atomic E-state index is -0.106. The number of rotatable bonds is 12.